The summed E-state index contributed by atoms with van der Waals surface area (Å²) in [5, 5.41) is 0. The molecule has 0 saturated carbocycles. The van der Waals surface area contributed by atoms with E-state index < -0.39 is 3.12 Å². The Labute approximate surface area is 139 Å². The quantitative estimate of drug-likeness (QED) is 0.507. The van der Waals surface area contributed by atoms with Crippen LogP contribution < -0.4 is 0 Å². The maximum atomic E-state index is 5.91. The van der Waals surface area contributed by atoms with Gasteiger partial charge < -0.3 is 0 Å². The molecule has 0 unspecified atom stereocenters. The molecule has 0 aromatic heterocycles. The van der Waals surface area contributed by atoms with Gasteiger partial charge in [-0.3, -0.25) is 0 Å². The van der Waals surface area contributed by atoms with Crippen molar-refractivity contribution >= 4 is 46.8 Å². The summed E-state index contributed by atoms with van der Waals surface area (Å²) in [5.74, 6) is 0. The van der Waals surface area contributed by atoms with Crippen LogP contribution in [-0.4, -0.2) is 7.43 Å². The molecule has 0 aliphatic heterocycles. The lowest BCUT2D eigenvalue weighted by atomic mass is 10.2. The minimum Gasteiger partial charge on any atom is -0.238 e. The van der Waals surface area contributed by atoms with Crippen LogP contribution in [0.2, 0.25) is 0 Å². The molecule has 2 aromatic rings. The third kappa shape index (κ3) is 5.94. The Balaban J connectivity index is 2.08. The van der Waals surface area contributed by atoms with Gasteiger partial charge >= 0.3 is 0 Å². The van der Waals surface area contributed by atoms with Crippen LogP contribution in [0.25, 0.3) is 0 Å². The van der Waals surface area contributed by atoms with E-state index in [1.54, 1.807) is 0 Å². The van der Waals surface area contributed by atoms with Gasteiger partial charge in [0.15, 0.2) is 0 Å². The van der Waals surface area contributed by atoms with Gasteiger partial charge in [-0.2, -0.15) is 0 Å². The fraction of sp³-hybridized carbons (Fsp3) is 0.200. The van der Waals surface area contributed by atoms with Gasteiger partial charge in [0, 0.05) is 13.1 Å². The van der Waals surface area contributed by atoms with E-state index in [-0.39, 0.29) is 0 Å². The number of nitrogens with zero attached hydrogens (tertiary/aromatic N) is 1. The standard InChI is InChI=1S/C15H14Cl3NS/c16-15(17,18)20-19(11-13-7-3-1-4-8-13)12-14-9-5-2-6-10-14/h1-10H,11-12H2. The van der Waals surface area contributed by atoms with Gasteiger partial charge in [-0.15, -0.1) is 0 Å². The van der Waals surface area contributed by atoms with Crippen molar-refractivity contribution in [3.05, 3.63) is 71.8 Å². The second-order valence-corrected chi connectivity index (χ2v) is 8.57. The number of benzene rings is 2. The fourth-order valence-electron chi connectivity index (χ4n) is 1.84. The molecule has 0 radical (unpaired) electrons. The largest absolute Gasteiger partial charge is 0.251 e. The molecule has 0 bridgehead atoms. The van der Waals surface area contributed by atoms with E-state index in [1.165, 1.54) is 23.1 Å². The normalized spacial score (nSPS) is 11.8. The molecule has 0 saturated heterocycles. The first-order valence-electron chi connectivity index (χ1n) is 6.11. The number of halogens is 3. The van der Waals surface area contributed by atoms with Crippen molar-refractivity contribution in [2.24, 2.45) is 0 Å². The molecule has 0 heterocycles. The molecule has 20 heavy (non-hydrogen) atoms. The Morgan fingerprint density at radius 2 is 1.15 bits per heavy atom. The lowest BCUT2D eigenvalue weighted by Crippen LogP contribution is -2.19. The summed E-state index contributed by atoms with van der Waals surface area (Å²) in [6.45, 7) is 1.43. The molecule has 106 valence electrons. The summed E-state index contributed by atoms with van der Waals surface area (Å²) in [6.07, 6.45) is 0. The average molecular weight is 347 g/mol. The Morgan fingerprint density at radius 1 is 0.750 bits per heavy atom. The first-order valence-corrected chi connectivity index (χ1v) is 8.02. The van der Waals surface area contributed by atoms with Crippen LogP contribution in [0.4, 0.5) is 0 Å². The summed E-state index contributed by atoms with van der Waals surface area (Å²) in [6, 6.07) is 20.3. The summed E-state index contributed by atoms with van der Waals surface area (Å²) < 4.78 is 0.696. The zero-order chi connectivity index (χ0) is 14.4. The molecular formula is C15H14Cl3NS. The van der Waals surface area contributed by atoms with Gasteiger partial charge in [-0.05, 0) is 23.1 Å². The molecule has 0 fully saturated rings. The molecule has 2 rings (SSSR count). The van der Waals surface area contributed by atoms with Gasteiger partial charge in [0.2, 0.25) is 0 Å². The molecule has 5 heteroatoms. The topological polar surface area (TPSA) is 3.24 Å². The van der Waals surface area contributed by atoms with E-state index in [0.29, 0.717) is 13.1 Å². The monoisotopic (exact) mass is 345 g/mol. The van der Waals surface area contributed by atoms with Crippen LogP contribution in [0.1, 0.15) is 11.1 Å². The predicted molar refractivity (Wildman–Crippen MR) is 90.0 cm³/mol. The lowest BCUT2D eigenvalue weighted by molar-refractivity contribution is 0.462. The fourth-order valence-corrected chi connectivity index (χ4v) is 3.44. The van der Waals surface area contributed by atoms with Crippen LogP contribution in [0, 0.1) is 0 Å². The number of rotatable bonds is 5. The lowest BCUT2D eigenvalue weighted by Gasteiger charge is -2.24. The minimum absolute atomic E-state index is 0.717. The van der Waals surface area contributed by atoms with Crippen molar-refractivity contribution in [2.75, 3.05) is 0 Å². The van der Waals surface area contributed by atoms with Crippen LogP contribution >= 0.6 is 46.8 Å². The highest BCUT2D eigenvalue weighted by atomic mass is 35.6. The summed E-state index contributed by atoms with van der Waals surface area (Å²) >= 11 is 19.0. The van der Waals surface area contributed by atoms with E-state index in [1.807, 2.05) is 36.4 Å². The second kappa shape index (κ2) is 7.58. The smallest absolute Gasteiger partial charge is 0.238 e. The SMILES string of the molecule is ClC(Cl)(Cl)SN(Cc1ccccc1)Cc1ccccc1. The van der Waals surface area contributed by atoms with Crippen molar-refractivity contribution in [1.29, 1.82) is 0 Å². The van der Waals surface area contributed by atoms with Gasteiger partial charge in [0.05, 0.1) is 0 Å². The predicted octanol–water partition coefficient (Wildman–Crippen LogP) is 5.66. The molecule has 0 spiro atoms. The number of alkyl halides is 3. The van der Waals surface area contributed by atoms with Crippen molar-refractivity contribution in [2.45, 2.75) is 16.2 Å². The summed E-state index contributed by atoms with van der Waals surface area (Å²) in [5.41, 5.74) is 2.37. The molecule has 0 aliphatic carbocycles. The highest BCUT2D eigenvalue weighted by molar-refractivity contribution is 8.02. The Bertz CT molecular complexity index is 472. The van der Waals surface area contributed by atoms with E-state index in [4.69, 9.17) is 34.8 Å². The van der Waals surface area contributed by atoms with Gasteiger partial charge in [-0.1, -0.05) is 95.5 Å². The van der Waals surface area contributed by atoms with Crippen molar-refractivity contribution in [3.63, 3.8) is 0 Å². The van der Waals surface area contributed by atoms with Crippen LogP contribution in [0.5, 0.6) is 0 Å². The first kappa shape index (κ1) is 16.0. The van der Waals surface area contributed by atoms with E-state index in [9.17, 15) is 0 Å². The van der Waals surface area contributed by atoms with E-state index in [2.05, 4.69) is 28.6 Å². The minimum atomic E-state index is -1.36. The van der Waals surface area contributed by atoms with Gasteiger partial charge in [0.25, 0.3) is 3.12 Å². The molecule has 0 N–H and O–H groups in total. The van der Waals surface area contributed by atoms with Crippen molar-refractivity contribution in [1.82, 2.24) is 4.31 Å². The Hall–Kier alpha value is -0.380. The third-order valence-corrected chi connectivity index (χ3v) is 3.98. The van der Waals surface area contributed by atoms with Crippen molar-refractivity contribution in [3.8, 4) is 0 Å². The second-order valence-electron chi connectivity index (χ2n) is 4.31. The average Bonchev–Trinajstić information content (AvgIpc) is 2.39. The summed E-state index contributed by atoms with van der Waals surface area (Å²) in [7, 11) is 0. The van der Waals surface area contributed by atoms with Crippen LogP contribution in [-0.2, 0) is 13.1 Å². The van der Waals surface area contributed by atoms with E-state index >= 15 is 0 Å². The zero-order valence-electron chi connectivity index (χ0n) is 10.7. The number of hydrogen-bond donors (Lipinski definition) is 0. The van der Waals surface area contributed by atoms with Crippen molar-refractivity contribution < 1.29 is 0 Å². The maximum absolute atomic E-state index is 5.91. The molecule has 0 atom stereocenters. The zero-order valence-corrected chi connectivity index (χ0v) is 13.8. The van der Waals surface area contributed by atoms with Gasteiger partial charge in [0.1, 0.15) is 0 Å². The maximum Gasteiger partial charge on any atom is 0.251 e. The van der Waals surface area contributed by atoms with Crippen LogP contribution in [0.15, 0.2) is 60.7 Å². The molecule has 0 aliphatic rings. The third-order valence-electron chi connectivity index (χ3n) is 2.64. The van der Waals surface area contributed by atoms with E-state index in [0.717, 1.165) is 0 Å². The Kier molecular flexibility index (Phi) is 6.06. The molecule has 2 aromatic carbocycles. The first-order chi connectivity index (χ1) is 9.53. The Morgan fingerprint density at radius 3 is 1.50 bits per heavy atom. The number of hydrogen-bond acceptors (Lipinski definition) is 2. The van der Waals surface area contributed by atoms with Crippen LogP contribution in [0.3, 0.4) is 0 Å². The highest BCUT2D eigenvalue weighted by Crippen LogP contribution is 2.42. The van der Waals surface area contributed by atoms with Gasteiger partial charge in [-0.25, -0.2) is 4.31 Å². The highest BCUT2D eigenvalue weighted by Gasteiger charge is 2.25. The molecule has 1 nitrogen and oxygen atoms in total. The summed E-state index contributed by atoms with van der Waals surface area (Å²) in [4.78, 5) is 0. The molecule has 0 amide bonds. The molecular weight excluding hydrogens is 333 g/mol.